The van der Waals surface area contributed by atoms with Crippen LogP contribution in [0.4, 0.5) is 0 Å². The fraction of sp³-hybridized carbons (Fsp3) is 1.00. The quantitative estimate of drug-likeness (QED) is 0.817. The Hall–Kier alpha value is -0.0800. The summed E-state index contributed by atoms with van der Waals surface area (Å²) in [6.07, 6.45) is 11.6. The summed E-state index contributed by atoms with van der Waals surface area (Å²) in [5, 5.41) is 10.3. The highest BCUT2D eigenvalue weighted by Gasteiger charge is 2.56. The largest absolute Gasteiger partial charge is 0.392 e. The lowest BCUT2D eigenvalue weighted by atomic mass is 9.56. The van der Waals surface area contributed by atoms with Gasteiger partial charge in [0.25, 0.3) is 0 Å². The number of aliphatic hydroxyl groups is 1. The summed E-state index contributed by atoms with van der Waals surface area (Å²) in [6, 6.07) is 0. The molecular weight excluding hydrogens is 248 g/mol. The van der Waals surface area contributed by atoms with Crippen molar-refractivity contribution in [3.8, 4) is 0 Å². The van der Waals surface area contributed by atoms with Crippen LogP contribution in [0.3, 0.4) is 0 Å². The molecule has 3 aliphatic carbocycles. The van der Waals surface area contributed by atoms with E-state index in [1.807, 2.05) is 0 Å². The zero-order valence-electron chi connectivity index (χ0n) is 13.5. The molecule has 1 spiro atoms. The van der Waals surface area contributed by atoms with E-state index in [1.165, 1.54) is 51.4 Å². The third kappa shape index (κ3) is 2.66. The van der Waals surface area contributed by atoms with Crippen LogP contribution in [0.1, 0.15) is 78.6 Å². The van der Waals surface area contributed by atoms with E-state index in [9.17, 15) is 5.11 Å². The van der Waals surface area contributed by atoms with Crippen LogP contribution in [0.25, 0.3) is 0 Å². The van der Waals surface area contributed by atoms with E-state index < -0.39 is 0 Å². The summed E-state index contributed by atoms with van der Waals surface area (Å²) < 4.78 is 6.54. The Morgan fingerprint density at radius 2 is 1.70 bits per heavy atom. The Labute approximate surface area is 124 Å². The van der Waals surface area contributed by atoms with E-state index >= 15 is 0 Å². The monoisotopic (exact) mass is 280 g/mol. The highest BCUT2D eigenvalue weighted by Crippen LogP contribution is 2.54. The molecule has 0 saturated heterocycles. The second-order valence-electron chi connectivity index (χ2n) is 8.71. The van der Waals surface area contributed by atoms with E-state index in [1.54, 1.807) is 0 Å². The predicted molar refractivity (Wildman–Crippen MR) is 81.6 cm³/mol. The van der Waals surface area contributed by atoms with E-state index in [0.29, 0.717) is 17.6 Å². The number of hydrogen-bond donors (Lipinski definition) is 1. The zero-order valence-corrected chi connectivity index (χ0v) is 13.5. The Morgan fingerprint density at radius 3 is 2.30 bits per heavy atom. The molecule has 2 heteroatoms. The number of hydrogen-bond acceptors (Lipinski definition) is 2. The number of aliphatic hydroxyl groups excluding tert-OH is 1. The SMILES string of the molecule is CC1CC(OC2CC(O)C23CCCCC3)CC(C)(C)C1. The minimum atomic E-state index is -0.0955. The summed E-state index contributed by atoms with van der Waals surface area (Å²) in [5.74, 6) is 0.774. The lowest BCUT2D eigenvalue weighted by Gasteiger charge is -2.57. The summed E-state index contributed by atoms with van der Waals surface area (Å²) in [7, 11) is 0. The van der Waals surface area contributed by atoms with Crippen molar-refractivity contribution in [1.82, 2.24) is 0 Å². The van der Waals surface area contributed by atoms with Crippen molar-refractivity contribution in [3.05, 3.63) is 0 Å². The Balaban J connectivity index is 1.63. The molecule has 0 aromatic rings. The van der Waals surface area contributed by atoms with Crippen LogP contribution in [0.5, 0.6) is 0 Å². The summed E-state index contributed by atoms with van der Waals surface area (Å²) >= 11 is 0. The molecule has 0 amide bonds. The minimum absolute atomic E-state index is 0.0955. The first-order chi connectivity index (χ1) is 9.41. The molecule has 2 nitrogen and oxygen atoms in total. The van der Waals surface area contributed by atoms with Crippen molar-refractivity contribution < 1.29 is 9.84 Å². The van der Waals surface area contributed by atoms with Crippen LogP contribution in [-0.2, 0) is 4.74 Å². The van der Waals surface area contributed by atoms with Crippen molar-refractivity contribution in [2.45, 2.75) is 96.9 Å². The van der Waals surface area contributed by atoms with Crippen LogP contribution in [0, 0.1) is 16.7 Å². The first kappa shape index (κ1) is 14.8. The molecule has 4 atom stereocenters. The lowest BCUT2D eigenvalue weighted by molar-refractivity contribution is -0.231. The van der Waals surface area contributed by atoms with Crippen molar-refractivity contribution in [1.29, 1.82) is 0 Å². The van der Waals surface area contributed by atoms with Gasteiger partial charge in [-0.3, -0.25) is 0 Å². The van der Waals surface area contributed by atoms with Gasteiger partial charge >= 0.3 is 0 Å². The van der Waals surface area contributed by atoms with Gasteiger partial charge < -0.3 is 9.84 Å². The molecule has 3 aliphatic rings. The van der Waals surface area contributed by atoms with Crippen LogP contribution < -0.4 is 0 Å². The summed E-state index contributed by atoms with van der Waals surface area (Å²) in [6.45, 7) is 7.12. The Bertz CT molecular complexity index is 343. The molecule has 0 bridgehead atoms. The third-order valence-corrected chi connectivity index (χ3v) is 6.23. The van der Waals surface area contributed by atoms with Gasteiger partial charge in [-0.1, -0.05) is 40.0 Å². The standard InChI is InChI=1S/C18H32O2/c1-13-9-14(12-17(2,3)11-13)20-16-10-15(19)18(16)7-5-4-6-8-18/h13-16,19H,4-12H2,1-3H3. The van der Waals surface area contributed by atoms with E-state index in [4.69, 9.17) is 4.74 Å². The average molecular weight is 280 g/mol. The molecule has 3 fully saturated rings. The van der Waals surface area contributed by atoms with Gasteiger partial charge in [-0.05, 0) is 43.4 Å². The van der Waals surface area contributed by atoms with Gasteiger partial charge in [0, 0.05) is 11.8 Å². The summed E-state index contributed by atoms with van der Waals surface area (Å²) in [4.78, 5) is 0. The van der Waals surface area contributed by atoms with Crippen LogP contribution >= 0.6 is 0 Å². The van der Waals surface area contributed by atoms with Gasteiger partial charge in [0.1, 0.15) is 0 Å². The summed E-state index contributed by atoms with van der Waals surface area (Å²) in [5.41, 5.74) is 0.549. The van der Waals surface area contributed by atoms with Crippen molar-refractivity contribution in [3.63, 3.8) is 0 Å². The third-order valence-electron chi connectivity index (χ3n) is 6.23. The van der Waals surface area contributed by atoms with Gasteiger partial charge in [0.15, 0.2) is 0 Å². The molecule has 116 valence electrons. The maximum absolute atomic E-state index is 10.3. The molecule has 0 aliphatic heterocycles. The highest BCUT2D eigenvalue weighted by atomic mass is 16.5. The molecule has 20 heavy (non-hydrogen) atoms. The topological polar surface area (TPSA) is 29.5 Å². The Kier molecular flexibility index (Phi) is 3.92. The predicted octanol–water partition coefficient (Wildman–Crippen LogP) is 4.30. The molecule has 0 radical (unpaired) electrons. The second-order valence-corrected chi connectivity index (χ2v) is 8.71. The molecule has 0 aromatic carbocycles. The fourth-order valence-electron chi connectivity index (χ4n) is 5.38. The first-order valence-electron chi connectivity index (χ1n) is 8.75. The first-order valence-corrected chi connectivity index (χ1v) is 8.75. The molecule has 4 unspecified atom stereocenters. The van der Waals surface area contributed by atoms with Crippen molar-refractivity contribution >= 4 is 0 Å². The van der Waals surface area contributed by atoms with Crippen LogP contribution in [-0.4, -0.2) is 23.4 Å². The molecular formula is C18H32O2. The van der Waals surface area contributed by atoms with Crippen molar-refractivity contribution in [2.24, 2.45) is 16.7 Å². The Morgan fingerprint density at radius 1 is 1.00 bits per heavy atom. The van der Waals surface area contributed by atoms with E-state index in [2.05, 4.69) is 20.8 Å². The van der Waals surface area contributed by atoms with Crippen LogP contribution in [0.2, 0.25) is 0 Å². The second kappa shape index (κ2) is 5.28. The maximum Gasteiger partial charge on any atom is 0.0684 e. The molecule has 3 saturated carbocycles. The number of rotatable bonds is 2. The van der Waals surface area contributed by atoms with Gasteiger partial charge in [-0.25, -0.2) is 0 Å². The van der Waals surface area contributed by atoms with Gasteiger partial charge in [-0.15, -0.1) is 0 Å². The average Bonchev–Trinajstić information content (AvgIpc) is 2.37. The smallest absolute Gasteiger partial charge is 0.0684 e. The molecule has 0 heterocycles. The van der Waals surface area contributed by atoms with Crippen LogP contribution in [0.15, 0.2) is 0 Å². The van der Waals surface area contributed by atoms with Crippen molar-refractivity contribution in [2.75, 3.05) is 0 Å². The van der Waals surface area contributed by atoms with Gasteiger partial charge in [-0.2, -0.15) is 0 Å². The molecule has 0 aromatic heterocycles. The molecule has 1 N–H and O–H groups in total. The minimum Gasteiger partial charge on any atom is -0.392 e. The van der Waals surface area contributed by atoms with E-state index in [-0.39, 0.29) is 11.5 Å². The van der Waals surface area contributed by atoms with Gasteiger partial charge in [0.2, 0.25) is 0 Å². The normalized spacial score (nSPS) is 43.2. The lowest BCUT2D eigenvalue weighted by Crippen LogP contribution is -2.60. The maximum atomic E-state index is 10.3. The zero-order chi connectivity index (χ0) is 14.4. The number of ether oxygens (including phenoxy) is 1. The van der Waals surface area contributed by atoms with Gasteiger partial charge in [0.05, 0.1) is 18.3 Å². The van der Waals surface area contributed by atoms with E-state index in [0.717, 1.165) is 12.3 Å². The molecule has 3 rings (SSSR count). The fourth-order valence-corrected chi connectivity index (χ4v) is 5.38. The highest BCUT2D eigenvalue weighted by molar-refractivity contribution is 5.06.